The van der Waals surface area contributed by atoms with Gasteiger partial charge in [0.05, 0.1) is 14.2 Å². The minimum atomic E-state index is -0.110. The third-order valence-corrected chi connectivity index (χ3v) is 7.51. The number of hydrogen-bond acceptors (Lipinski definition) is 2. The quantitative estimate of drug-likeness (QED) is 0.783. The molecule has 0 radical (unpaired) electrons. The molecule has 1 unspecified atom stereocenters. The summed E-state index contributed by atoms with van der Waals surface area (Å²) in [6.45, 7) is 2.74. The van der Waals surface area contributed by atoms with Crippen LogP contribution in [0.3, 0.4) is 0 Å². The molecule has 4 bridgehead atoms. The van der Waals surface area contributed by atoms with Crippen LogP contribution >= 0.6 is 11.6 Å². The Hall–Kier alpha value is -1.26. The van der Waals surface area contributed by atoms with Crippen LogP contribution in [0.4, 0.5) is 0 Å². The number of rotatable bonds is 6. The molecule has 1 amide bonds. The lowest BCUT2D eigenvalue weighted by Gasteiger charge is -2.57. The summed E-state index contributed by atoms with van der Waals surface area (Å²) in [7, 11) is 3.75. The Labute approximate surface area is 167 Å². The molecule has 2 N–H and O–H groups in total. The first-order chi connectivity index (χ1) is 12.9. The molecule has 27 heavy (non-hydrogen) atoms. The number of amides is 1. The highest BCUT2D eigenvalue weighted by molar-refractivity contribution is 6.30. The Kier molecular flexibility index (Phi) is 5.15. The van der Waals surface area contributed by atoms with Crippen LogP contribution in [0.5, 0.6) is 5.75 Å². The van der Waals surface area contributed by atoms with Gasteiger partial charge in [0, 0.05) is 16.1 Å². The van der Waals surface area contributed by atoms with Gasteiger partial charge in [0.2, 0.25) is 0 Å². The van der Waals surface area contributed by atoms with Gasteiger partial charge in [0.25, 0.3) is 5.91 Å². The lowest BCUT2D eigenvalue weighted by Crippen LogP contribution is -3.12. The minimum absolute atomic E-state index is 0.0775. The molecular formula is C22H32ClN2O2+. The Bertz CT molecular complexity index is 685. The van der Waals surface area contributed by atoms with Gasteiger partial charge in [-0.1, -0.05) is 11.6 Å². The number of methoxy groups -OCH3 is 1. The summed E-state index contributed by atoms with van der Waals surface area (Å²) in [4.78, 5) is 14.2. The summed E-state index contributed by atoms with van der Waals surface area (Å²) in [6.07, 6.45) is 7.76. The monoisotopic (exact) mass is 391 g/mol. The van der Waals surface area contributed by atoms with Crippen LogP contribution in [0.1, 0.15) is 51.0 Å². The average Bonchev–Trinajstić information content (AvgIpc) is 2.59. The van der Waals surface area contributed by atoms with E-state index < -0.39 is 0 Å². The smallest absolute Gasteiger partial charge is 0.278 e. The Balaban J connectivity index is 1.41. The van der Waals surface area contributed by atoms with Crippen LogP contribution in [0.15, 0.2) is 18.2 Å². The maximum absolute atomic E-state index is 13.1. The van der Waals surface area contributed by atoms with Crippen molar-refractivity contribution in [2.75, 3.05) is 14.2 Å². The Morgan fingerprint density at radius 1 is 1.26 bits per heavy atom. The predicted molar refractivity (Wildman–Crippen MR) is 107 cm³/mol. The van der Waals surface area contributed by atoms with Crippen molar-refractivity contribution in [1.82, 2.24) is 5.32 Å². The van der Waals surface area contributed by atoms with Crippen LogP contribution < -0.4 is 15.0 Å². The van der Waals surface area contributed by atoms with Crippen molar-refractivity contribution in [2.24, 2.45) is 17.8 Å². The van der Waals surface area contributed by atoms with Gasteiger partial charge in [0.1, 0.15) is 12.3 Å². The molecule has 4 nitrogen and oxygen atoms in total. The molecule has 4 saturated carbocycles. The van der Waals surface area contributed by atoms with Gasteiger partial charge < -0.3 is 15.0 Å². The summed E-state index contributed by atoms with van der Waals surface area (Å²) in [6, 6.07) is 5.56. The van der Waals surface area contributed by atoms with Crippen molar-refractivity contribution in [1.29, 1.82) is 0 Å². The first-order valence-corrected chi connectivity index (χ1v) is 10.7. The number of likely N-dealkylation sites (N-methyl/N-ethyl adjacent to an activating group) is 1. The van der Waals surface area contributed by atoms with Gasteiger partial charge in [-0.05, 0) is 81.4 Å². The number of hydrogen-bond donors (Lipinski definition) is 2. The maximum Gasteiger partial charge on any atom is 0.278 e. The lowest BCUT2D eigenvalue weighted by atomic mass is 9.53. The summed E-state index contributed by atoms with van der Waals surface area (Å²) >= 11 is 6.16. The van der Waals surface area contributed by atoms with E-state index in [-0.39, 0.29) is 17.5 Å². The second-order valence-electron chi connectivity index (χ2n) is 9.39. The van der Waals surface area contributed by atoms with E-state index in [0.29, 0.717) is 11.6 Å². The standard InChI is InChI=1S/C22H31ClN2O2/c1-14(25(2)13-18-9-19(23)4-5-20(18)27-3)21(26)24-22-10-15-6-16(11-22)8-17(7-15)12-22/h4-5,9,14-17H,6-8,10-13H2,1-3H3,(H,24,26)/p+1/t14-,15?,16?,17?,22?/m1/s1. The number of benzene rings is 1. The van der Waals surface area contributed by atoms with Gasteiger partial charge in [-0.2, -0.15) is 0 Å². The number of carbonyl (C=O) groups is 1. The normalized spacial score (nSPS) is 33.6. The van der Waals surface area contributed by atoms with Crippen molar-refractivity contribution < 1.29 is 14.4 Å². The van der Waals surface area contributed by atoms with Gasteiger partial charge in [0.15, 0.2) is 6.04 Å². The number of carbonyl (C=O) groups excluding carboxylic acids is 1. The maximum atomic E-state index is 13.1. The van der Waals surface area contributed by atoms with Crippen LogP contribution in [-0.4, -0.2) is 31.6 Å². The van der Waals surface area contributed by atoms with E-state index in [0.717, 1.165) is 34.0 Å². The van der Waals surface area contributed by atoms with Crippen molar-refractivity contribution in [3.05, 3.63) is 28.8 Å². The molecule has 0 heterocycles. The molecule has 1 aromatic rings. The van der Waals surface area contributed by atoms with Crippen molar-refractivity contribution in [3.8, 4) is 5.75 Å². The van der Waals surface area contributed by atoms with Crippen molar-refractivity contribution in [2.45, 2.75) is 63.6 Å². The Morgan fingerprint density at radius 3 is 2.41 bits per heavy atom. The third-order valence-electron chi connectivity index (χ3n) is 7.27. The zero-order valence-electron chi connectivity index (χ0n) is 16.7. The van der Waals surface area contributed by atoms with Crippen molar-refractivity contribution >= 4 is 17.5 Å². The molecule has 0 aliphatic heterocycles. The van der Waals surface area contributed by atoms with E-state index in [9.17, 15) is 4.79 Å². The fourth-order valence-corrected chi connectivity index (χ4v) is 6.39. The van der Waals surface area contributed by atoms with Gasteiger partial charge in [-0.3, -0.25) is 4.79 Å². The largest absolute Gasteiger partial charge is 0.496 e. The average molecular weight is 392 g/mol. The topological polar surface area (TPSA) is 42.8 Å². The van der Waals surface area contributed by atoms with Crippen LogP contribution in [0.2, 0.25) is 5.02 Å². The molecular weight excluding hydrogens is 360 g/mol. The summed E-state index contributed by atoms with van der Waals surface area (Å²) < 4.78 is 5.46. The summed E-state index contributed by atoms with van der Waals surface area (Å²) in [5, 5.41) is 4.21. The zero-order chi connectivity index (χ0) is 19.2. The first kappa shape index (κ1) is 19.1. The molecule has 0 spiro atoms. The molecule has 5 rings (SSSR count). The van der Waals surface area contributed by atoms with Gasteiger partial charge >= 0.3 is 0 Å². The highest BCUT2D eigenvalue weighted by Crippen LogP contribution is 2.55. The van der Waals surface area contributed by atoms with E-state index in [1.807, 2.05) is 25.1 Å². The van der Waals surface area contributed by atoms with E-state index in [1.54, 1.807) is 7.11 Å². The van der Waals surface area contributed by atoms with Crippen LogP contribution in [-0.2, 0) is 11.3 Å². The molecule has 2 atom stereocenters. The fourth-order valence-electron chi connectivity index (χ4n) is 6.20. The highest BCUT2D eigenvalue weighted by Gasteiger charge is 2.52. The van der Waals surface area contributed by atoms with Crippen LogP contribution in [0, 0.1) is 17.8 Å². The fraction of sp³-hybridized carbons (Fsp3) is 0.682. The zero-order valence-corrected chi connectivity index (χ0v) is 17.4. The molecule has 0 saturated heterocycles. The molecule has 5 heteroatoms. The molecule has 4 fully saturated rings. The second kappa shape index (κ2) is 7.29. The molecule has 148 valence electrons. The van der Waals surface area contributed by atoms with E-state index in [1.165, 1.54) is 38.5 Å². The van der Waals surface area contributed by atoms with Crippen LogP contribution in [0.25, 0.3) is 0 Å². The third kappa shape index (κ3) is 3.84. The van der Waals surface area contributed by atoms with Gasteiger partial charge in [-0.25, -0.2) is 0 Å². The number of halogens is 1. The summed E-state index contributed by atoms with van der Waals surface area (Å²) in [5.74, 6) is 3.54. The SMILES string of the molecule is COc1ccc(Cl)cc1C[NH+](C)[C@H](C)C(=O)NC12CC3CC(CC(C3)C1)C2. The van der Waals surface area contributed by atoms with E-state index >= 15 is 0 Å². The predicted octanol–water partition coefficient (Wildman–Crippen LogP) is 2.84. The molecule has 4 aliphatic rings. The Morgan fingerprint density at radius 2 is 1.85 bits per heavy atom. The number of ether oxygens (including phenoxy) is 1. The molecule has 1 aromatic carbocycles. The lowest BCUT2D eigenvalue weighted by molar-refractivity contribution is -0.908. The number of quaternary nitrogens is 1. The number of nitrogens with one attached hydrogen (secondary N) is 2. The van der Waals surface area contributed by atoms with Gasteiger partial charge in [-0.15, -0.1) is 0 Å². The van der Waals surface area contributed by atoms with E-state index in [4.69, 9.17) is 16.3 Å². The molecule has 4 aliphatic carbocycles. The second-order valence-corrected chi connectivity index (χ2v) is 9.82. The first-order valence-electron chi connectivity index (χ1n) is 10.3. The van der Waals surface area contributed by atoms with Crippen molar-refractivity contribution in [3.63, 3.8) is 0 Å². The van der Waals surface area contributed by atoms with E-state index in [2.05, 4.69) is 12.4 Å². The molecule has 0 aromatic heterocycles. The minimum Gasteiger partial charge on any atom is -0.496 e. The highest BCUT2D eigenvalue weighted by atomic mass is 35.5. The summed E-state index contributed by atoms with van der Waals surface area (Å²) in [5.41, 5.74) is 1.12.